The molecule has 0 atom stereocenters. The molecule has 0 amide bonds. The minimum Gasteiger partial charge on any atom is -0.299 e. The summed E-state index contributed by atoms with van der Waals surface area (Å²) in [5.41, 5.74) is 2.47. The first-order chi connectivity index (χ1) is 6.29. The second-order valence-corrected chi connectivity index (χ2v) is 3.53. The summed E-state index contributed by atoms with van der Waals surface area (Å²) < 4.78 is 12.9. The second-order valence-electron chi connectivity index (χ2n) is 3.53. The van der Waals surface area contributed by atoms with Gasteiger partial charge in [-0.1, -0.05) is 13.0 Å². The number of halogens is 1. The van der Waals surface area contributed by atoms with Gasteiger partial charge in [-0.3, -0.25) is 4.90 Å². The van der Waals surface area contributed by atoms with Crippen LogP contribution in [-0.2, 0) is 13.0 Å². The van der Waals surface area contributed by atoms with Gasteiger partial charge < -0.3 is 0 Å². The molecule has 70 valence electrons. The van der Waals surface area contributed by atoms with Gasteiger partial charge in [-0.25, -0.2) is 4.39 Å². The first-order valence-corrected chi connectivity index (χ1v) is 4.79. The average molecular weight is 179 g/mol. The maximum absolute atomic E-state index is 12.9. The third kappa shape index (κ3) is 1.73. The van der Waals surface area contributed by atoms with E-state index in [0.717, 1.165) is 31.6 Å². The number of rotatable bonds is 1. The molecule has 2 rings (SSSR count). The Hall–Kier alpha value is -0.890. The monoisotopic (exact) mass is 179 g/mol. The summed E-state index contributed by atoms with van der Waals surface area (Å²) in [6.07, 6.45) is 1.06. The van der Waals surface area contributed by atoms with E-state index in [9.17, 15) is 4.39 Å². The lowest BCUT2D eigenvalue weighted by molar-refractivity contribution is 0.267. The van der Waals surface area contributed by atoms with Gasteiger partial charge in [0.25, 0.3) is 0 Å². The van der Waals surface area contributed by atoms with Gasteiger partial charge in [-0.15, -0.1) is 0 Å². The van der Waals surface area contributed by atoms with Crippen LogP contribution in [0.15, 0.2) is 18.2 Å². The van der Waals surface area contributed by atoms with E-state index in [4.69, 9.17) is 0 Å². The van der Waals surface area contributed by atoms with Crippen molar-refractivity contribution in [1.82, 2.24) is 4.90 Å². The Morgan fingerprint density at radius 3 is 3.00 bits per heavy atom. The lowest BCUT2D eigenvalue weighted by Crippen LogP contribution is -2.30. The smallest absolute Gasteiger partial charge is 0.123 e. The maximum Gasteiger partial charge on any atom is 0.123 e. The highest BCUT2D eigenvalue weighted by molar-refractivity contribution is 5.29. The molecule has 0 aromatic heterocycles. The summed E-state index contributed by atoms with van der Waals surface area (Å²) in [6, 6.07) is 5.13. The third-order valence-corrected chi connectivity index (χ3v) is 2.71. The van der Waals surface area contributed by atoms with Crippen molar-refractivity contribution in [2.75, 3.05) is 13.1 Å². The van der Waals surface area contributed by atoms with E-state index in [0.29, 0.717) is 0 Å². The van der Waals surface area contributed by atoms with Crippen LogP contribution in [0.4, 0.5) is 4.39 Å². The van der Waals surface area contributed by atoms with E-state index in [1.807, 2.05) is 6.07 Å². The Morgan fingerprint density at radius 2 is 2.23 bits per heavy atom. The van der Waals surface area contributed by atoms with Crippen molar-refractivity contribution >= 4 is 0 Å². The van der Waals surface area contributed by atoms with Gasteiger partial charge in [0, 0.05) is 13.1 Å². The minimum absolute atomic E-state index is 0.114. The van der Waals surface area contributed by atoms with E-state index in [-0.39, 0.29) is 5.82 Å². The van der Waals surface area contributed by atoms with E-state index in [1.54, 1.807) is 12.1 Å². The number of nitrogens with zero attached hydrogens (tertiary/aromatic N) is 1. The van der Waals surface area contributed by atoms with Crippen LogP contribution in [0.2, 0.25) is 0 Å². The average Bonchev–Trinajstić information content (AvgIpc) is 2.16. The van der Waals surface area contributed by atoms with Crippen molar-refractivity contribution in [3.8, 4) is 0 Å². The first kappa shape index (κ1) is 8.70. The normalized spacial score (nSPS) is 17.1. The van der Waals surface area contributed by atoms with Crippen molar-refractivity contribution in [2.24, 2.45) is 0 Å². The van der Waals surface area contributed by atoms with Crippen LogP contribution in [0.3, 0.4) is 0 Å². The number of hydrogen-bond acceptors (Lipinski definition) is 1. The summed E-state index contributed by atoms with van der Waals surface area (Å²) >= 11 is 0. The summed E-state index contributed by atoms with van der Waals surface area (Å²) in [5, 5.41) is 0. The summed E-state index contributed by atoms with van der Waals surface area (Å²) in [7, 11) is 0. The molecule has 1 heterocycles. The summed E-state index contributed by atoms with van der Waals surface area (Å²) in [6.45, 7) is 5.21. The molecule has 0 saturated carbocycles. The van der Waals surface area contributed by atoms with E-state index < -0.39 is 0 Å². The van der Waals surface area contributed by atoms with Gasteiger partial charge in [-0.05, 0) is 36.2 Å². The van der Waals surface area contributed by atoms with E-state index >= 15 is 0 Å². The van der Waals surface area contributed by atoms with Crippen molar-refractivity contribution in [3.63, 3.8) is 0 Å². The molecule has 0 radical (unpaired) electrons. The van der Waals surface area contributed by atoms with Crippen LogP contribution in [0.1, 0.15) is 18.1 Å². The van der Waals surface area contributed by atoms with Crippen LogP contribution >= 0.6 is 0 Å². The van der Waals surface area contributed by atoms with Gasteiger partial charge in [0.05, 0.1) is 0 Å². The molecule has 1 aromatic carbocycles. The number of hydrogen-bond donors (Lipinski definition) is 0. The molecule has 13 heavy (non-hydrogen) atoms. The van der Waals surface area contributed by atoms with Crippen LogP contribution in [0.5, 0.6) is 0 Å². The molecule has 1 aromatic rings. The fraction of sp³-hybridized carbons (Fsp3) is 0.455. The molecule has 0 fully saturated rings. The van der Waals surface area contributed by atoms with Gasteiger partial charge in [0.1, 0.15) is 5.82 Å². The van der Waals surface area contributed by atoms with E-state index in [1.165, 1.54) is 5.56 Å². The molecular formula is C11H14FN. The van der Waals surface area contributed by atoms with Crippen molar-refractivity contribution in [2.45, 2.75) is 19.9 Å². The zero-order valence-electron chi connectivity index (χ0n) is 7.89. The van der Waals surface area contributed by atoms with Crippen LogP contribution in [0.25, 0.3) is 0 Å². The molecule has 1 aliphatic rings. The molecule has 2 heteroatoms. The zero-order chi connectivity index (χ0) is 9.26. The van der Waals surface area contributed by atoms with Crippen LogP contribution in [-0.4, -0.2) is 18.0 Å². The second kappa shape index (κ2) is 3.46. The predicted octanol–water partition coefficient (Wildman–Crippen LogP) is 2.20. The number of benzene rings is 1. The lowest BCUT2D eigenvalue weighted by Gasteiger charge is -2.27. The molecule has 0 saturated heterocycles. The topological polar surface area (TPSA) is 3.24 Å². The molecule has 0 aliphatic carbocycles. The van der Waals surface area contributed by atoms with E-state index in [2.05, 4.69) is 11.8 Å². The molecule has 0 N–H and O–H groups in total. The van der Waals surface area contributed by atoms with Gasteiger partial charge in [0.15, 0.2) is 0 Å². The first-order valence-electron chi connectivity index (χ1n) is 4.79. The zero-order valence-corrected chi connectivity index (χ0v) is 7.89. The minimum atomic E-state index is -0.114. The SMILES string of the molecule is CCN1CCc2ccc(F)cc2C1. The number of fused-ring (bicyclic) bond motifs is 1. The molecular weight excluding hydrogens is 165 g/mol. The molecule has 0 bridgehead atoms. The number of likely N-dealkylation sites (N-methyl/N-ethyl adjacent to an activating group) is 1. The standard InChI is InChI=1S/C11H14FN/c1-2-13-6-5-9-3-4-11(12)7-10(9)8-13/h3-4,7H,2,5-6,8H2,1H3. The molecule has 0 spiro atoms. The van der Waals surface area contributed by atoms with Crippen LogP contribution in [0, 0.1) is 5.82 Å². The fourth-order valence-corrected chi connectivity index (χ4v) is 1.85. The Kier molecular flexibility index (Phi) is 2.32. The van der Waals surface area contributed by atoms with Crippen LogP contribution < -0.4 is 0 Å². The molecule has 1 nitrogen and oxygen atoms in total. The fourth-order valence-electron chi connectivity index (χ4n) is 1.85. The Balaban J connectivity index is 2.27. The molecule has 0 unspecified atom stereocenters. The largest absolute Gasteiger partial charge is 0.299 e. The quantitative estimate of drug-likeness (QED) is 0.639. The Morgan fingerprint density at radius 1 is 1.38 bits per heavy atom. The molecule has 1 aliphatic heterocycles. The summed E-state index contributed by atoms with van der Waals surface area (Å²) in [5.74, 6) is -0.114. The highest BCUT2D eigenvalue weighted by Gasteiger charge is 2.14. The Bertz CT molecular complexity index is 309. The van der Waals surface area contributed by atoms with Gasteiger partial charge in [0.2, 0.25) is 0 Å². The van der Waals surface area contributed by atoms with Gasteiger partial charge in [-0.2, -0.15) is 0 Å². The van der Waals surface area contributed by atoms with Gasteiger partial charge >= 0.3 is 0 Å². The van der Waals surface area contributed by atoms with Crippen molar-refractivity contribution < 1.29 is 4.39 Å². The highest BCUT2D eigenvalue weighted by Crippen LogP contribution is 2.19. The van der Waals surface area contributed by atoms with Crippen molar-refractivity contribution in [3.05, 3.63) is 35.1 Å². The lowest BCUT2D eigenvalue weighted by atomic mass is 10.00. The maximum atomic E-state index is 12.9. The highest BCUT2D eigenvalue weighted by atomic mass is 19.1. The predicted molar refractivity (Wildman–Crippen MR) is 51.1 cm³/mol. The van der Waals surface area contributed by atoms with Crippen molar-refractivity contribution in [1.29, 1.82) is 0 Å². The summed E-state index contributed by atoms with van der Waals surface area (Å²) in [4.78, 5) is 2.34. The third-order valence-electron chi connectivity index (χ3n) is 2.71. The Labute approximate surface area is 78.2 Å².